The van der Waals surface area contributed by atoms with E-state index < -0.39 is 15.8 Å². The first-order valence-electron chi connectivity index (χ1n) is 5.77. The van der Waals surface area contributed by atoms with Gasteiger partial charge in [0, 0.05) is 12.3 Å². The summed E-state index contributed by atoms with van der Waals surface area (Å²) < 4.78 is 31.4. The van der Waals surface area contributed by atoms with Crippen molar-refractivity contribution in [3.8, 4) is 0 Å². The number of nitrogens with one attached hydrogen (secondary N) is 1. The Morgan fingerprint density at radius 1 is 1.47 bits per heavy atom. The Labute approximate surface area is 116 Å². The van der Waals surface area contributed by atoms with Crippen LogP contribution in [0.4, 0.5) is 10.8 Å². The molecule has 1 rings (SSSR count). The predicted octanol–water partition coefficient (Wildman–Crippen LogP) is 0.749. The first-order chi connectivity index (χ1) is 8.91. The summed E-state index contributed by atoms with van der Waals surface area (Å²) in [5.74, 6) is -0.396. The molecule has 1 aromatic heterocycles. The number of carbonyl (C=O) groups excluding carboxylic acids is 1. The predicted molar refractivity (Wildman–Crippen MR) is 75.3 cm³/mol. The third-order valence-corrected chi connectivity index (χ3v) is 4.86. The van der Waals surface area contributed by atoms with Gasteiger partial charge in [0.25, 0.3) is 0 Å². The van der Waals surface area contributed by atoms with E-state index in [4.69, 9.17) is 10.5 Å². The van der Waals surface area contributed by atoms with Crippen LogP contribution in [0.25, 0.3) is 0 Å². The quantitative estimate of drug-likeness (QED) is 0.715. The minimum Gasteiger partial charge on any atom is -0.462 e. The Bertz CT molecular complexity index is 539. The van der Waals surface area contributed by atoms with Gasteiger partial charge in [0.1, 0.15) is 10.6 Å². The van der Waals surface area contributed by atoms with E-state index in [1.807, 2.05) is 0 Å². The summed E-state index contributed by atoms with van der Waals surface area (Å²) in [6, 6.07) is 0. The van der Waals surface area contributed by atoms with E-state index in [9.17, 15) is 13.2 Å². The zero-order valence-corrected chi connectivity index (χ0v) is 12.4. The van der Waals surface area contributed by atoms with Crippen LogP contribution in [0.1, 0.15) is 24.2 Å². The highest BCUT2D eigenvalue weighted by Gasteiger charge is 2.20. The van der Waals surface area contributed by atoms with E-state index in [1.165, 1.54) is 0 Å². The highest BCUT2D eigenvalue weighted by molar-refractivity contribution is 7.91. The summed E-state index contributed by atoms with van der Waals surface area (Å²) in [6.45, 7) is 3.71. The normalized spacial score (nSPS) is 11.3. The van der Waals surface area contributed by atoms with Gasteiger partial charge in [-0.1, -0.05) is 6.92 Å². The maximum atomic E-state index is 11.7. The molecule has 19 heavy (non-hydrogen) atoms. The monoisotopic (exact) mass is 307 g/mol. The Morgan fingerprint density at radius 3 is 2.74 bits per heavy atom. The lowest BCUT2D eigenvalue weighted by molar-refractivity contribution is 0.0529. The molecule has 9 heteroatoms. The molecule has 0 atom stereocenters. The summed E-state index contributed by atoms with van der Waals surface area (Å²) in [6.07, 6.45) is 0. The second-order valence-electron chi connectivity index (χ2n) is 3.66. The molecule has 108 valence electrons. The Kier molecular flexibility index (Phi) is 5.55. The van der Waals surface area contributed by atoms with Crippen molar-refractivity contribution in [1.82, 2.24) is 4.37 Å². The molecule has 3 N–H and O–H groups in total. The number of nitrogens with two attached hydrogens (primary N) is 1. The highest BCUT2D eigenvalue weighted by atomic mass is 32.2. The number of nitrogens with zero attached hydrogens (tertiary/aromatic N) is 1. The Morgan fingerprint density at radius 2 is 2.16 bits per heavy atom. The average Bonchev–Trinajstić information content (AvgIpc) is 2.71. The van der Waals surface area contributed by atoms with Gasteiger partial charge in [-0.3, -0.25) is 0 Å². The van der Waals surface area contributed by atoms with E-state index in [0.29, 0.717) is 5.00 Å². The molecule has 0 spiro atoms. The van der Waals surface area contributed by atoms with Gasteiger partial charge in [0.2, 0.25) is 0 Å². The van der Waals surface area contributed by atoms with Gasteiger partial charge in [-0.25, -0.2) is 13.2 Å². The molecule has 0 fully saturated rings. The van der Waals surface area contributed by atoms with Crippen LogP contribution in [0.3, 0.4) is 0 Å². The average molecular weight is 307 g/mol. The second-order valence-corrected chi connectivity index (χ2v) is 6.90. The fourth-order valence-corrected chi connectivity index (χ4v) is 2.72. The molecular weight excluding hydrogens is 290 g/mol. The standard InChI is InChI=1S/C10H17N3O4S2/c1-3-17-10(14)7-8(11)13-18-9(7)12-5-6-19(15,16)4-2/h12H,3-6H2,1-2H3,(H2,11,13). The summed E-state index contributed by atoms with van der Waals surface area (Å²) in [5, 5.41) is 3.29. The van der Waals surface area contributed by atoms with Gasteiger partial charge < -0.3 is 15.8 Å². The molecule has 0 unspecified atom stereocenters. The fourth-order valence-electron chi connectivity index (χ4n) is 1.29. The maximum Gasteiger partial charge on any atom is 0.344 e. The van der Waals surface area contributed by atoms with E-state index >= 15 is 0 Å². The van der Waals surface area contributed by atoms with Crippen molar-refractivity contribution < 1.29 is 17.9 Å². The zero-order valence-electron chi connectivity index (χ0n) is 10.8. The number of esters is 1. The third-order valence-electron chi connectivity index (χ3n) is 2.34. The number of aromatic nitrogens is 1. The van der Waals surface area contributed by atoms with E-state index in [1.54, 1.807) is 13.8 Å². The molecule has 0 aliphatic carbocycles. The largest absolute Gasteiger partial charge is 0.462 e. The van der Waals surface area contributed by atoms with Gasteiger partial charge in [-0.15, -0.1) is 0 Å². The Hall–Kier alpha value is -1.35. The maximum absolute atomic E-state index is 11.7. The molecular formula is C10H17N3O4S2. The van der Waals surface area contributed by atoms with Crippen LogP contribution in [0.2, 0.25) is 0 Å². The third kappa shape index (κ3) is 4.35. The summed E-state index contributed by atoms with van der Waals surface area (Å²) >= 11 is 1.01. The highest BCUT2D eigenvalue weighted by Crippen LogP contribution is 2.27. The van der Waals surface area contributed by atoms with Crippen LogP contribution in [0.5, 0.6) is 0 Å². The number of hydrogen-bond donors (Lipinski definition) is 2. The van der Waals surface area contributed by atoms with E-state index in [0.717, 1.165) is 11.5 Å². The van der Waals surface area contributed by atoms with Crippen LogP contribution in [-0.4, -0.2) is 43.4 Å². The van der Waals surface area contributed by atoms with Gasteiger partial charge in [0.15, 0.2) is 15.7 Å². The molecule has 7 nitrogen and oxygen atoms in total. The van der Waals surface area contributed by atoms with Gasteiger partial charge in [0.05, 0.1) is 12.4 Å². The lowest BCUT2D eigenvalue weighted by Gasteiger charge is -2.06. The number of carbonyl (C=O) groups is 1. The van der Waals surface area contributed by atoms with E-state index in [2.05, 4.69) is 9.69 Å². The zero-order chi connectivity index (χ0) is 14.5. The summed E-state index contributed by atoms with van der Waals surface area (Å²) in [4.78, 5) is 11.7. The number of sulfone groups is 1. The van der Waals surface area contributed by atoms with Crippen molar-refractivity contribution in [3.05, 3.63) is 5.56 Å². The van der Waals surface area contributed by atoms with Gasteiger partial charge in [-0.2, -0.15) is 4.37 Å². The molecule has 0 saturated carbocycles. The summed E-state index contributed by atoms with van der Waals surface area (Å²) in [5.41, 5.74) is 5.76. The van der Waals surface area contributed by atoms with Gasteiger partial charge in [-0.05, 0) is 18.5 Å². The molecule has 0 radical (unpaired) electrons. The van der Waals surface area contributed by atoms with Crippen molar-refractivity contribution in [1.29, 1.82) is 0 Å². The lowest BCUT2D eigenvalue weighted by Crippen LogP contribution is -2.18. The molecule has 0 aliphatic heterocycles. The van der Waals surface area contributed by atoms with Crippen molar-refractivity contribution in [2.75, 3.05) is 35.7 Å². The number of anilines is 2. The first kappa shape index (κ1) is 15.7. The number of rotatable bonds is 7. The lowest BCUT2D eigenvalue weighted by atomic mass is 10.3. The molecule has 0 amide bonds. The van der Waals surface area contributed by atoms with Crippen molar-refractivity contribution in [2.45, 2.75) is 13.8 Å². The number of hydrogen-bond acceptors (Lipinski definition) is 8. The molecule has 0 saturated heterocycles. The topological polar surface area (TPSA) is 111 Å². The minimum absolute atomic E-state index is 0.0103. The smallest absolute Gasteiger partial charge is 0.344 e. The van der Waals surface area contributed by atoms with Crippen LogP contribution in [0, 0.1) is 0 Å². The van der Waals surface area contributed by atoms with Crippen LogP contribution < -0.4 is 11.1 Å². The van der Waals surface area contributed by atoms with Crippen molar-refractivity contribution >= 4 is 38.2 Å². The second kappa shape index (κ2) is 6.71. The van der Waals surface area contributed by atoms with Crippen molar-refractivity contribution in [2.24, 2.45) is 0 Å². The number of ether oxygens (including phenoxy) is 1. The fraction of sp³-hybridized carbons (Fsp3) is 0.600. The SMILES string of the molecule is CCOC(=O)c1c(N)nsc1NCCS(=O)(=O)CC. The molecule has 0 aliphatic rings. The number of nitrogen functional groups attached to an aromatic ring is 1. The first-order valence-corrected chi connectivity index (χ1v) is 8.37. The molecule has 1 heterocycles. The van der Waals surface area contributed by atoms with Gasteiger partial charge >= 0.3 is 5.97 Å². The summed E-state index contributed by atoms with van der Waals surface area (Å²) in [7, 11) is -3.05. The Balaban J connectivity index is 2.72. The molecule has 0 aromatic carbocycles. The van der Waals surface area contributed by atoms with Crippen LogP contribution in [-0.2, 0) is 14.6 Å². The molecule has 0 bridgehead atoms. The van der Waals surface area contributed by atoms with E-state index in [-0.39, 0.29) is 36.0 Å². The van der Waals surface area contributed by atoms with Crippen LogP contribution >= 0.6 is 11.5 Å². The molecule has 1 aromatic rings. The van der Waals surface area contributed by atoms with Crippen molar-refractivity contribution in [3.63, 3.8) is 0 Å². The minimum atomic E-state index is -3.05. The van der Waals surface area contributed by atoms with Crippen LogP contribution in [0.15, 0.2) is 0 Å².